The predicted molar refractivity (Wildman–Crippen MR) is 118 cm³/mol. The smallest absolute Gasteiger partial charge is 0.251 e. The molecular weight excluding hydrogens is 431 g/mol. The molecule has 4 aromatic rings. The Morgan fingerprint density at radius 1 is 1.12 bits per heavy atom. The number of carbonyl (C=O) groups is 1. The number of benzene rings is 2. The van der Waals surface area contributed by atoms with Gasteiger partial charge in [-0.05, 0) is 48.0 Å². The van der Waals surface area contributed by atoms with E-state index in [2.05, 4.69) is 15.5 Å². The molecule has 0 saturated heterocycles. The van der Waals surface area contributed by atoms with E-state index in [4.69, 9.17) is 9.15 Å². The Hall–Kier alpha value is -3.43. The first-order chi connectivity index (χ1) is 15.7. The standard InChI is InChI=1S/C23H21FN4O3S/c1-30-14-21-26-27-23(28(21)18-10-8-17(24)9-11-18)32-15-16-5-2-3-7-20(16)22(29)25-13-19-6-4-12-31-19/h2-12H,13-15H2,1H3,(H,25,29). The van der Waals surface area contributed by atoms with Gasteiger partial charge in [-0.2, -0.15) is 0 Å². The van der Waals surface area contributed by atoms with Gasteiger partial charge in [0, 0.05) is 24.1 Å². The third-order valence-corrected chi connectivity index (χ3v) is 5.66. The quantitative estimate of drug-likeness (QED) is 0.380. The summed E-state index contributed by atoms with van der Waals surface area (Å²) >= 11 is 1.43. The van der Waals surface area contributed by atoms with E-state index in [1.54, 1.807) is 37.6 Å². The van der Waals surface area contributed by atoms with E-state index in [1.165, 1.54) is 23.9 Å². The van der Waals surface area contributed by atoms with Crippen molar-refractivity contribution in [3.63, 3.8) is 0 Å². The van der Waals surface area contributed by atoms with Gasteiger partial charge in [0.25, 0.3) is 5.91 Å². The maximum atomic E-state index is 13.4. The summed E-state index contributed by atoms with van der Waals surface area (Å²) in [5.74, 6) is 1.28. The van der Waals surface area contributed by atoms with Crippen LogP contribution >= 0.6 is 11.8 Å². The highest BCUT2D eigenvalue weighted by atomic mass is 32.2. The minimum atomic E-state index is -0.321. The highest BCUT2D eigenvalue weighted by molar-refractivity contribution is 7.98. The van der Waals surface area contributed by atoms with Crippen LogP contribution in [0.15, 0.2) is 76.5 Å². The number of aromatic nitrogens is 3. The molecule has 164 valence electrons. The van der Waals surface area contributed by atoms with Gasteiger partial charge in [0.2, 0.25) is 0 Å². The number of nitrogens with one attached hydrogen (secondary N) is 1. The molecule has 0 saturated carbocycles. The Morgan fingerprint density at radius 2 is 1.94 bits per heavy atom. The molecule has 0 bridgehead atoms. The lowest BCUT2D eigenvalue weighted by Crippen LogP contribution is -2.23. The van der Waals surface area contributed by atoms with Crippen LogP contribution < -0.4 is 5.32 Å². The van der Waals surface area contributed by atoms with Crippen LogP contribution in [0.2, 0.25) is 0 Å². The largest absolute Gasteiger partial charge is 0.467 e. The van der Waals surface area contributed by atoms with Gasteiger partial charge in [-0.3, -0.25) is 9.36 Å². The Balaban J connectivity index is 1.53. The third kappa shape index (κ3) is 5.06. The van der Waals surface area contributed by atoms with Crippen LogP contribution in [-0.2, 0) is 23.6 Å². The molecule has 32 heavy (non-hydrogen) atoms. The van der Waals surface area contributed by atoms with Crippen LogP contribution in [0.5, 0.6) is 0 Å². The van der Waals surface area contributed by atoms with Crippen LogP contribution in [0.4, 0.5) is 4.39 Å². The Morgan fingerprint density at radius 3 is 2.69 bits per heavy atom. The number of furan rings is 1. The molecule has 2 aromatic carbocycles. The Labute approximate surface area is 188 Å². The summed E-state index contributed by atoms with van der Waals surface area (Å²) in [5, 5.41) is 12.0. The van der Waals surface area contributed by atoms with Crippen LogP contribution in [-0.4, -0.2) is 27.8 Å². The van der Waals surface area contributed by atoms with Crippen molar-refractivity contribution in [3.05, 3.63) is 95.5 Å². The molecule has 4 rings (SSSR count). The lowest BCUT2D eigenvalue weighted by molar-refractivity contribution is 0.0947. The number of thioether (sulfide) groups is 1. The number of nitrogens with zero attached hydrogens (tertiary/aromatic N) is 3. The van der Waals surface area contributed by atoms with Crippen molar-refractivity contribution in [2.75, 3.05) is 7.11 Å². The zero-order chi connectivity index (χ0) is 22.3. The molecule has 1 amide bonds. The highest BCUT2D eigenvalue weighted by Gasteiger charge is 2.17. The van der Waals surface area contributed by atoms with Gasteiger partial charge in [0.1, 0.15) is 18.2 Å². The molecule has 0 aliphatic heterocycles. The van der Waals surface area contributed by atoms with Crippen molar-refractivity contribution < 1.29 is 18.3 Å². The average molecular weight is 453 g/mol. The molecular formula is C23H21FN4O3S. The number of amides is 1. The molecule has 7 nitrogen and oxygen atoms in total. The van der Waals surface area contributed by atoms with Crippen molar-refractivity contribution >= 4 is 17.7 Å². The summed E-state index contributed by atoms with van der Waals surface area (Å²) in [6, 6.07) is 17.1. The zero-order valence-corrected chi connectivity index (χ0v) is 18.1. The molecule has 0 spiro atoms. The van der Waals surface area contributed by atoms with Gasteiger partial charge < -0.3 is 14.5 Å². The topological polar surface area (TPSA) is 82.2 Å². The minimum Gasteiger partial charge on any atom is -0.467 e. The van der Waals surface area contributed by atoms with Crippen molar-refractivity contribution in [1.82, 2.24) is 20.1 Å². The Bertz CT molecular complexity index is 1180. The van der Waals surface area contributed by atoms with Gasteiger partial charge in [0.05, 0.1) is 12.8 Å². The summed E-state index contributed by atoms with van der Waals surface area (Å²) in [6.45, 7) is 0.573. The molecule has 2 aromatic heterocycles. The van der Waals surface area contributed by atoms with Crippen LogP contribution in [0, 0.1) is 5.82 Å². The second-order valence-corrected chi connectivity index (χ2v) is 7.79. The van der Waals surface area contributed by atoms with Crippen molar-refractivity contribution in [2.45, 2.75) is 24.1 Å². The number of ether oxygens (including phenoxy) is 1. The molecule has 0 radical (unpaired) electrons. The molecule has 0 aliphatic carbocycles. The van der Waals surface area contributed by atoms with E-state index in [0.29, 0.717) is 34.6 Å². The van der Waals surface area contributed by atoms with Crippen molar-refractivity contribution in [3.8, 4) is 5.69 Å². The molecule has 0 fully saturated rings. The minimum absolute atomic E-state index is 0.183. The molecule has 0 aliphatic rings. The first-order valence-corrected chi connectivity index (χ1v) is 10.8. The fourth-order valence-corrected chi connectivity index (χ4v) is 4.13. The first kappa shape index (κ1) is 21.8. The van der Waals surface area contributed by atoms with E-state index in [9.17, 15) is 9.18 Å². The molecule has 0 unspecified atom stereocenters. The monoisotopic (exact) mass is 452 g/mol. The first-order valence-electron chi connectivity index (χ1n) is 9.86. The SMILES string of the molecule is COCc1nnc(SCc2ccccc2C(=O)NCc2ccco2)n1-c1ccc(F)cc1. The normalized spacial score (nSPS) is 10.9. The summed E-state index contributed by atoms with van der Waals surface area (Å²) in [5.41, 5.74) is 2.17. The van der Waals surface area contributed by atoms with Gasteiger partial charge in [-0.15, -0.1) is 10.2 Å². The summed E-state index contributed by atoms with van der Waals surface area (Å²) < 4.78 is 25.7. The van der Waals surface area contributed by atoms with E-state index < -0.39 is 0 Å². The maximum absolute atomic E-state index is 13.4. The summed E-state index contributed by atoms with van der Waals surface area (Å²) in [6.07, 6.45) is 1.57. The van der Waals surface area contributed by atoms with E-state index in [1.807, 2.05) is 28.8 Å². The van der Waals surface area contributed by atoms with Gasteiger partial charge in [-0.1, -0.05) is 30.0 Å². The predicted octanol–water partition coefficient (Wildman–Crippen LogP) is 4.37. The maximum Gasteiger partial charge on any atom is 0.251 e. The molecule has 2 heterocycles. The highest BCUT2D eigenvalue weighted by Crippen LogP contribution is 2.27. The fourth-order valence-electron chi connectivity index (χ4n) is 3.15. The molecule has 1 N–H and O–H groups in total. The second kappa shape index (κ2) is 10.3. The lowest BCUT2D eigenvalue weighted by atomic mass is 10.1. The van der Waals surface area contributed by atoms with E-state index >= 15 is 0 Å². The second-order valence-electron chi connectivity index (χ2n) is 6.85. The number of carbonyl (C=O) groups excluding carboxylic acids is 1. The summed E-state index contributed by atoms with van der Waals surface area (Å²) in [7, 11) is 1.58. The van der Waals surface area contributed by atoms with Crippen LogP contribution in [0.25, 0.3) is 5.69 Å². The fraction of sp³-hybridized carbons (Fsp3) is 0.174. The Kier molecular flexibility index (Phi) is 6.98. The van der Waals surface area contributed by atoms with Gasteiger partial charge in [0.15, 0.2) is 11.0 Å². The van der Waals surface area contributed by atoms with Crippen molar-refractivity contribution in [1.29, 1.82) is 0 Å². The number of methoxy groups -OCH3 is 1. The summed E-state index contributed by atoms with van der Waals surface area (Å²) in [4.78, 5) is 12.7. The van der Waals surface area contributed by atoms with Gasteiger partial charge >= 0.3 is 0 Å². The third-order valence-electron chi connectivity index (χ3n) is 4.68. The van der Waals surface area contributed by atoms with Crippen molar-refractivity contribution in [2.24, 2.45) is 0 Å². The number of hydrogen-bond donors (Lipinski definition) is 1. The molecule has 9 heteroatoms. The number of hydrogen-bond acceptors (Lipinski definition) is 6. The van der Waals surface area contributed by atoms with Crippen LogP contribution in [0.3, 0.4) is 0 Å². The van der Waals surface area contributed by atoms with E-state index in [-0.39, 0.29) is 18.3 Å². The number of rotatable bonds is 9. The van der Waals surface area contributed by atoms with Gasteiger partial charge in [-0.25, -0.2) is 4.39 Å². The average Bonchev–Trinajstić information content (AvgIpc) is 3.47. The van der Waals surface area contributed by atoms with E-state index in [0.717, 1.165) is 11.3 Å². The van der Waals surface area contributed by atoms with Crippen LogP contribution in [0.1, 0.15) is 27.5 Å². The molecule has 0 atom stereocenters. The lowest BCUT2D eigenvalue weighted by Gasteiger charge is -2.11. The zero-order valence-electron chi connectivity index (χ0n) is 17.3. The number of halogens is 1.